The van der Waals surface area contributed by atoms with Gasteiger partial charge in [-0.25, -0.2) is 4.79 Å². The van der Waals surface area contributed by atoms with Crippen LogP contribution in [-0.2, 0) is 20.9 Å². The number of carbonyl (C=O) groups is 3. The van der Waals surface area contributed by atoms with E-state index in [1.54, 1.807) is 20.8 Å². The highest BCUT2D eigenvalue weighted by molar-refractivity contribution is 5.92. The zero-order valence-electron chi connectivity index (χ0n) is 16.3. The molecule has 148 valence electrons. The normalized spacial score (nSPS) is 14.5. The fourth-order valence-electron chi connectivity index (χ4n) is 2.92. The zero-order chi connectivity index (χ0) is 19.9. The molecule has 3 amide bonds. The second kappa shape index (κ2) is 9.39. The Balaban J connectivity index is 1.76. The SMILES string of the molecule is CC(C)(C)OC(=O)NCC(=O)NCc1cccc(NC(=O)C2CCCC2)c1. The molecule has 0 unspecified atom stereocenters. The summed E-state index contributed by atoms with van der Waals surface area (Å²) in [6.45, 7) is 5.41. The van der Waals surface area contributed by atoms with Crippen LogP contribution in [0.5, 0.6) is 0 Å². The van der Waals surface area contributed by atoms with Gasteiger partial charge in [0, 0.05) is 18.2 Å². The van der Waals surface area contributed by atoms with E-state index in [2.05, 4.69) is 16.0 Å². The van der Waals surface area contributed by atoms with E-state index < -0.39 is 11.7 Å². The molecule has 0 bridgehead atoms. The Morgan fingerprint density at radius 2 is 1.81 bits per heavy atom. The average Bonchev–Trinajstić information content (AvgIpc) is 3.12. The molecule has 0 heterocycles. The Bertz CT molecular complexity index is 676. The third-order valence-electron chi connectivity index (χ3n) is 4.20. The van der Waals surface area contributed by atoms with Crippen LogP contribution in [0.3, 0.4) is 0 Å². The van der Waals surface area contributed by atoms with Crippen molar-refractivity contribution in [2.75, 3.05) is 11.9 Å². The predicted molar refractivity (Wildman–Crippen MR) is 103 cm³/mol. The molecule has 27 heavy (non-hydrogen) atoms. The lowest BCUT2D eigenvalue weighted by atomic mass is 10.1. The first kappa shape index (κ1) is 20.7. The number of anilines is 1. The molecule has 1 fully saturated rings. The Morgan fingerprint density at radius 3 is 2.48 bits per heavy atom. The molecule has 3 N–H and O–H groups in total. The maximum Gasteiger partial charge on any atom is 0.408 e. The Labute approximate surface area is 160 Å². The van der Waals surface area contributed by atoms with Crippen LogP contribution in [0.15, 0.2) is 24.3 Å². The van der Waals surface area contributed by atoms with E-state index in [1.807, 2.05) is 24.3 Å². The summed E-state index contributed by atoms with van der Waals surface area (Å²) in [7, 11) is 0. The average molecular weight is 375 g/mol. The molecule has 0 saturated heterocycles. The Hall–Kier alpha value is -2.57. The molecular weight excluding hydrogens is 346 g/mol. The van der Waals surface area contributed by atoms with E-state index >= 15 is 0 Å². The van der Waals surface area contributed by atoms with E-state index in [9.17, 15) is 14.4 Å². The van der Waals surface area contributed by atoms with Gasteiger partial charge in [0.15, 0.2) is 0 Å². The van der Waals surface area contributed by atoms with Gasteiger partial charge in [-0.1, -0.05) is 25.0 Å². The van der Waals surface area contributed by atoms with Crippen LogP contribution in [0.4, 0.5) is 10.5 Å². The number of rotatable bonds is 6. The molecule has 1 aliphatic carbocycles. The summed E-state index contributed by atoms with van der Waals surface area (Å²) in [5.41, 5.74) is 0.986. The first-order valence-electron chi connectivity index (χ1n) is 9.36. The smallest absolute Gasteiger partial charge is 0.408 e. The van der Waals surface area contributed by atoms with Crippen LogP contribution >= 0.6 is 0 Å². The zero-order valence-corrected chi connectivity index (χ0v) is 16.3. The van der Waals surface area contributed by atoms with E-state index in [0.717, 1.165) is 36.9 Å². The third kappa shape index (κ3) is 7.68. The van der Waals surface area contributed by atoms with Crippen molar-refractivity contribution in [1.29, 1.82) is 0 Å². The number of nitrogens with one attached hydrogen (secondary N) is 3. The minimum absolute atomic E-state index is 0.0650. The molecule has 0 aromatic heterocycles. The van der Waals surface area contributed by atoms with Crippen molar-refractivity contribution in [3.63, 3.8) is 0 Å². The second-order valence-corrected chi connectivity index (χ2v) is 7.80. The van der Waals surface area contributed by atoms with E-state index in [-0.39, 0.29) is 24.3 Å². The molecule has 7 nitrogen and oxygen atoms in total. The summed E-state index contributed by atoms with van der Waals surface area (Å²) < 4.78 is 5.08. The van der Waals surface area contributed by atoms with Crippen LogP contribution in [0.2, 0.25) is 0 Å². The molecule has 0 aliphatic heterocycles. The first-order valence-corrected chi connectivity index (χ1v) is 9.36. The molecular formula is C20H29N3O4. The van der Waals surface area contributed by atoms with Gasteiger partial charge in [0.1, 0.15) is 12.1 Å². The number of amides is 3. The summed E-state index contributed by atoms with van der Waals surface area (Å²) >= 11 is 0. The standard InChI is InChI=1S/C20H29N3O4/c1-20(2,3)27-19(26)22-13-17(24)21-12-14-7-6-10-16(11-14)23-18(25)15-8-4-5-9-15/h6-7,10-11,15H,4-5,8-9,12-13H2,1-3H3,(H,21,24)(H,22,26)(H,23,25). The minimum Gasteiger partial charge on any atom is -0.444 e. The molecule has 1 aromatic carbocycles. The van der Waals surface area contributed by atoms with Crippen LogP contribution in [0.1, 0.15) is 52.0 Å². The summed E-state index contributed by atoms with van der Waals surface area (Å²) in [6.07, 6.45) is 3.50. The molecule has 1 aromatic rings. The minimum atomic E-state index is -0.630. The summed E-state index contributed by atoms with van der Waals surface area (Å²) in [4.78, 5) is 35.6. The molecule has 7 heteroatoms. The molecule has 0 radical (unpaired) electrons. The van der Waals surface area contributed by atoms with Crippen molar-refractivity contribution in [1.82, 2.24) is 10.6 Å². The fourth-order valence-corrected chi connectivity index (χ4v) is 2.92. The second-order valence-electron chi connectivity index (χ2n) is 7.80. The highest BCUT2D eigenvalue weighted by Crippen LogP contribution is 2.26. The molecule has 1 saturated carbocycles. The van der Waals surface area contributed by atoms with Gasteiger partial charge in [0.25, 0.3) is 0 Å². The monoisotopic (exact) mass is 375 g/mol. The van der Waals surface area contributed by atoms with Crippen molar-refractivity contribution in [2.24, 2.45) is 5.92 Å². The van der Waals surface area contributed by atoms with Crippen molar-refractivity contribution < 1.29 is 19.1 Å². The quantitative estimate of drug-likeness (QED) is 0.712. The van der Waals surface area contributed by atoms with Crippen molar-refractivity contribution in [3.05, 3.63) is 29.8 Å². The van der Waals surface area contributed by atoms with E-state index in [0.29, 0.717) is 6.54 Å². The number of carbonyl (C=O) groups excluding carboxylic acids is 3. The van der Waals surface area contributed by atoms with Crippen LogP contribution < -0.4 is 16.0 Å². The number of benzene rings is 1. The van der Waals surface area contributed by atoms with Crippen molar-refractivity contribution in [3.8, 4) is 0 Å². The lowest BCUT2D eigenvalue weighted by Crippen LogP contribution is -2.39. The lowest BCUT2D eigenvalue weighted by Gasteiger charge is -2.19. The van der Waals surface area contributed by atoms with Crippen LogP contribution in [0.25, 0.3) is 0 Å². The number of hydrogen-bond acceptors (Lipinski definition) is 4. The van der Waals surface area contributed by atoms with Gasteiger partial charge < -0.3 is 20.7 Å². The largest absolute Gasteiger partial charge is 0.444 e. The molecule has 0 atom stereocenters. The predicted octanol–water partition coefficient (Wildman–Crippen LogP) is 2.96. The molecule has 2 rings (SSSR count). The van der Waals surface area contributed by atoms with Crippen molar-refractivity contribution >= 4 is 23.6 Å². The number of ether oxygens (including phenoxy) is 1. The van der Waals surface area contributed by atoms with Gasteiger partial charge in [-0.3, -0.25) is 9.59 Å². The van der Waals surface area contributed by atoms with Gasteiger partial charge in [-0.15, -0.1) is 0 Å². The van der Waals surface area contributed by atoms with Gasteiger partial charge in [-0.05, 0) is 51.3 Å². The Morgan fingerprint density at radius 1 is 1.11 bits per heavy atom. The van der Waals surface area contributed by atoms with E-state index in [1.165, 1.54) is 0 Å². The summed E-state index contributed by atoms with van der Waals surface area (Å²) in [5, 5.41) is 8.09. The highest BCUT2D eigenvalue weighted by Gasteiger charge is 2.22. The lowest BCUT2D eigenvalue weighted by molar-refractivity contribution is -0.120. The first-order chi connectivity index (χ1) is 12.7. The summed E-state index contributed by atoms with van der Waals surface area (Å²) in [5.74, 6) is -0.149. The topological polar surface area (TPSA) is 96.5 Å². The Kier molecular flexibility index (Phi) is 7.21. The maximum atomic E-state index is 12.2. The van der Waals surface area contributed by atoms with Crippen LogP contribution in [0, 0.1) is 5.92 Å². The molecule has 0 spiro atoms. The maximum absolute atomic E-state index is 12.2. The third-order valence-corrected chi connectivity index (χ3v) is 4.20. The number of hydrogen-bond donors (Lipinski definition) is 3. The van der Waals surface area contributed by atoms with Gasteiger partial charge in [0.05, 0.1) is 0 Å². The van der Waals surface area contributed by atoms with E-state index in [4.69, 9.17) is 4.74 Å². The van der Waals surface area contributed by atoms with Gasteiger partial charge in [-0.2, -0.15) is 0 Å². The number of alkyl carbamates (subject to hydrolysis) is 1. The van der Waals surface area contributed by atoms with Crippen LogP contribution in [-0.4, -0.2) is 30.1 Å². The van der Waals surface area contributed by atoms with Crippen molar-refractivity contribution in [2.45, 2.75) is 58.6 Å². The summed E-state index contributed by atoms with van der Waals surface area (Å²) in [6, 6.07) is 7.38. The van der Waals surface area contributed by atoms with Gasteiger partial charge in [0.2, 0.25) is 11.8 Å². The molecule has 1 aliphatic rings. The highest BCUT2D eigenvalue weighted by atomic mass is 16.6. The fraction of sp³-hybridized carbons (Fsp3) is 0.550. The van der Waals surface area contributed by atoms with Gasteiger partial charge >= 0.3 is 6.09 Å².